The molecule has 0 saturated heterocycles. The Hall–Kier alpha value is -3.75. The highest BCUT2D eigenvalue weighted by molar-refractivity contribution is 5.77. The zero-order valence-electron chi connectivity index (χ0n) is 15.9. The van der Waals surface area contributed by atoms with Gasteiger partial charge < -0.3 is 19.1 Å². The number of fused-ring (bicyclic) bond motifs is 1. The summed E-state index contributed by atoms with van der Waals surface area (Å²) in [7, 11) is 0. The molecule has 9 nitrogen and oxygen atoms in total. The van der Waals surface area contributed by atoms with Gasteiger partial charge in [0.15, 0.2) is 0 Å². The molecule has 0 unspecified atom stereocenters. The highest BCUT2D eigenvalue weighted by Crippen LogP contribution is 2.17. The van der Waals surface area contributed by atoms with Crippen LogP contribution < -0.4 is 10.1 Å². The van der Waals surface area contributed by atoms with E-state index in [0.717, 1.165) is 11.0 Å². The minimum atomic E-state index is -0.106. The summed E-state index contributed by atoms with van der Waals surface area (Å²) in [4.78, 5) is 25.0. The molecule has 0 atom stereocenters. The highest BCUT2D eigenvalue weighted by atomic mass is 16.5. The largest absolute Gasteiger partial charge is 0.478 e. The Morgan fingerprint density at radius 1 is 1.21 bits per heavy atom. The summed E-state index contributed by atoms with van der Waals surface area (Å²) >= 11 is 0. The second kappa shape index (κ2) is 8.51. The maximum Gasteiger partial charge on any atom is 0.246 e. The van der Waals surface area contributed by atoms with Crippen LogP contribution in [0.3, 0.4) is 0 Å². The van der Waals surface area contributed by atoms with E-state index in [0.29, 0.717) is 42.7 Å². The summed E-state index contributed by atoms with van der Waals surface area (Å²) in [5.41, 5.74) is 2.63. The monoisotopic (exact) mass is 392 g/mol. The normalized spacial score (nSPS) is 10.9. The van der Waals surface area contributed by atoms with Crippen molar-refractivity contribution in [2.45, 2.75) is 26.4 Å². The topological polar surface area (TPSA) is 108 Å². The van der Waals surface area contributed by atoms with Crippen LogP contribution in [0.25, 0.3) is 22.4 Å². The summed E-state index contributed by atoms with van der Waals surface area (Å²) in [6.45, 7) is 3.16. The Morgan fingerprint density at radius 2 is 2.10 bits per heavy atom. The van der Waals surface area contributed by atoms with Crippen molar-refractivity contribution in [3.05, 3.63) is 54.8 Å². The van der Waals surface area contributed by atoms with Crippen molar-refractivity contribution >= 4 is 16.9 Å². The maximum atomic E-state index is 12.2. The molecule has 1 N–H and O–H groups in total. The Balaban J connectivity index is 1.29. The summed E-state index contributed by atoms with van der Waals surface area (Å²) in [6.07, 6.45) is 3.69. The molecule has 0 aliphatic carbocycles. The molecule has 0 bridgehead atoms. The van der Waals surface area contributed by atoms with Gasteiger partial charge in [0.05, 0.1) is 30.5 Å². The van der Waals surface area contributed by atoms with Crippen LogP contribution in [0.5, 0.6) is 5.88 Å². The van der Waals surface area contributed by atoms with Gasteiger partial charge in [0.2, 0.25) is 23.5 Å². The van der Waals surface area contributed by atoms with Gasteiger partial charge in [-0.25, -0.2) is 9.97 Å². The summed E-state index contributed by atoms with van der Waals surface area (Å²) in [5, 5.41) is 6.73. The lowest BCUT2D eigenvalue weighted by Gasteiger charge is -2.04. The predicted molar refractivity (Wildman–Crippen MR) is 105 cm³/mol. The van der Waals surface area contributed by atoms with E-state index in [1.54, 1.807) is 24.7 Å². The highest BCUT2D eigenvalue weighted by Gasteiger charge is 2.11. The molecular formula is C20H20N6O3. The van der Waals surface area contributed by atoms with Crippen molar-refractivity contribution in [2.75, 3.05) is 6.61 Å². The molecule has 0 aliphatic heterocycles. The quantitative estimate of drug-likeness (QED) is 0.491. The zero-order valence-corrected chi connectivity index (χ0v) is 15.9. The van der Waals surface area contributed by atoms with E-state index >= 15 is 0 Å². The molecule has 4 rings (SSSR count). The van der Waals surface area contributed by atoms with Crippen LogP contribution >= 0.6 is 0 Å². The van der Waals surface area contributed by atoms with Crippen LogP contribution in [-0.2, 0) is 17.9 Å². The average molecular weight is 392 g/mol. The molecule has 29 heavy (non-hydrogen) atoms. The lowest BCUT2D eigenvalue weighted by atomic mass is 10.3. The summed E-state index contributed by atoms with van der Waals surface area (Å²) < 4.78 is 12.5. The number of ether oxygens (including phenoxy) is 1. The van der Waals surface area contributed by atoms with E-state index in [-0.39, 0.29) is 12.5 Å². The van der Waals surface area contributed by atoms with Crippen LogP contribution in [0.4, 0.5) is 0 Å². The molecule has 0 saturated carbocycles. The molecule has 0 radical (unpaired) electrons. The number of aryl methyl sites for hydroxylation is 1. The van der Waals surface area contributed by atoms with E-state index in [1.807, 2.05) is 35.8 Å². The van der Waals surface area contributed by atoms with Gasteiger partial charge >= 0.3 is 0 Å². The molecule has 3 heterocycles. The van der Waals surface area contributed by atoms with Gasteiger partial charge in [-0.3, -0.25) is 4.79 Å². The smallest absolute Gasteiger partial charge is 0.246 e. The second-order valence-electron chi connectivity index (χ2n) is 6.28. The number of rotatable bonds is 8. The minimum Gasteiger partial charge on any atom is -0.478 e. The third-order valence-corrected chi connectivity index (χ3v) is 4.30. The van der Waals surface area contributed by atoms with Gasteiger partial charge in [-0.2, -0.15) is 4.98 Å². The van der Waals surface area contributed by atoms with Crippen molar-refractivity contribution in [1.29, 1.82) is 0 Å². The minimum absolute atomic E-state index is 0.106. The molecule has 4 aromatic rings. The average Bonchev–Trinajstić information content (AvgIpc) is 3.39. The number of nitrogens with zero attached hydrogens (tertiary/aromatic N) is 5. The summed E-state index contributed by atoms with van der Waals surface area (Å²) in [6, 6.07) is 11.4. The van der Waals surface area contributed by atoms with E-state index in [4.69, 9.17) is 9.26 Å². The maximum absolute atomic E-state index is 12.2. The van der Waals surface area contributed by atoms with E-state index in [2.05, 4.69) is 25.4 Å². The number of carbonyl (C=O) groups is 1. The molecule has 1 aromatic carbocycles. The van der Waals surface area contributed by atoms with Gasteiger partial charge in [-0.05, 0) is 25.1 Å². The third kappa shape index (κ3) is 4.40. The van der Waals surface area contributed by atoms with Crippen LogP contribution in [0.15, 0.2) is 53.4 Å². The first-order valence-corrected chi connectivity index (χ1v) is 9.31. The first kappa shape index (κ1) is 18.6. The van der Waals surface area contributed by atoms with Crippen LogP contribution in [-0.4, -0.2) is 37.2 Å². The molecule has 1 amide bonds. The van der Waals surface area contributed by atoms with Gasteiger partial charge in [0, 0.05) is 30.8 Å². The SMILES string of the molecule is CCOc1ccc(-c2noc(CNC(=O)CCn3cnc4ccccc43)n2)cn1. The summed E-state index contributed by atoms with van der Waals surface area (Å²) in [5.74, 6) is 1.17. The Bertz CT molecular complexity index is 1100. The lowest BCUT2D eigenvalue weighted by molar-refractivity contribution is -0.121. The van der Waals surface area contributed by atoms with Crippen molar-refractivity contribution in [3.63, 3.8) is 0 Å². The van der Waals surface area contributed by atoms with Crippen molar-refractivity contribution in [3.8, 4) is 17.3 Å². The molecule has 0 aliphatic rings. The van der Waals surface area contributed by atoms with E-state index in [1.165, 1.54) is 0 Å². The number of amides is 1. The number of carbonyl (C=O) groups excluding carboxylic acids is 1. The van der Waals surface area contributed by atoms with Crippen LogP contribution in [0.2, 0.25) is 0 Å². The number of benzene rings is 1. The first-order chi connectivity index (χ1) is 14.2. The number of hydrogen-bond acceptors (Lipinski definition) is 7. The van der Waals surface area contributed by atoms with Crippen molar-refractivity contribution in [2.24, 2.45) is 0 Å². The molecule has 148 valence electrons. The van der Waals surface area contributed by atoms with Gasteiger partial charge in [0.1, 0.15) is 0 Å². The molecule has 0 fully saturated rings. The van der Waals surface area contributed by atoms with Gasteiger partial charge in [0.25, 0.3) is 0 Å². The zero-order chi connectivity index (χ0) is 20.1. The number of hydrogen-bond donors (Lipinski definition) is 1. The predicted octanol–water partition coefficient (Wildman–Crippen LogP) is 2.59. The van der Waals surface area contributed by atoms with E-state index < -0.39 is 0 Å². The number of aromatic nitrogens is 5. The molecule has 9 heteroatoms. The molecule has 0 spiro atoms. The first-order valence-electron chi connectivity index (χ1n) is 9.31. The van der Waals surface area contributed by atoms with E-state index in [9.17, 15) is 4.79 Å². The molecule has 3 aromatic heterocycles. The second-order valence-corrected chi connectivity index (χ2v) is 6.28. The van der Waals surface area contributed by atoms with Crippen molar-refractivity contribution < 1.29 is 14.1 Å². The number of para-hydroxylation sites is 2. The van der Waals surface area contributed by atoms with Gasteiger partial charge in [-0.15, -0.1) is 0 Å². The fourth-order valence-corrected chi connectivity index (χ4v) is 2.86. The Morgan fingerprint density at radius 3 is 2.93 bits per heavy atom. The number of imidazole rings is 1. The number of pyridine rings is 1. The van der Waals surface area contributed by atoms with Crippen molar-refractivity contribution in [1.82, 2.24) is 30.0 Å². The fourth-order valence-electron chi connectivity index (χ4n) is 2.86. The van der Waals surface area contributed by atoms with Gasteiger partial charge in [-0.1, -0.05) is 17.3 Å². The Kier molecular flexibility index (Phi) is 5.46. The Labute approximate surface area is 166 Å². The fraction of sp³-hybridized carbons (Fsp3) is 0.250. The van der Waals surface area contributed by atoms with Crippen LogP contribution in [0, 0.1) is 0 Å². The number of nitrogens with one attached hydrogen (secondary N) is 1. The molecular weight excluding hydrogens is 372 g/mol. The van der Waals surface area contributed by atoms with Crippen LogP contribution in [0.1, 0.15) is 19.2 Å². The lowest BCUT2D eigenvalue weighted by Crippen LogP contribution is -2.24. The standard InChI is InChI=1S/C20H20N6O3/c1-2-28-18-8-7-14(11-22-18)20-24-19(29-25-20)12-21-17(27)9-10-26-13-23-15-5-3-4-6-16(15)26/h3-8,11,13H,2,9-10,12H2,1H3,(H,21,27). The third-order valence-electron chi connectivity index (χ3n) is 4.30.